The molecule has 0 atom stereocenters. The Labute approximate surface area is 151 Å². The summed E-state index contributed by atoms with van der Waals surface area (Å²) in [5.41, 5.74) is 6.25. The average Bonchev–Trinajstić information content (AvgIpc) is 2.67. The summed E-state index contributed by atoms with van der Waals surface area (Å²) in [5.74, 6) is 0.955. The Bertz CT molecular complexity index is 768. The Morgan fingerprint density at radius 1 is 0.600 bits per heavy atom. The van der Waals surface area contributed by atoms with Crippen LogP contribution in [0.4, 0.5) is 0 Å². The van der Waals surface area contributed by atoms with Gasteiger partial charge in [0.1, 0.15) is 5.75 Å². The zero-order valence-corrected chi connectivity index (χ0v) is 15.2. The van der Waals surface area contributed by atoms with Crippen LogP contribution in [0.2, 0.25) is 0 Å². The number of rotatable bonds is 7. The van der Waals surface area contributed by atoms with Gasteiger partial charge in [0.15, 0.2) is 0 Å². The molecule has 3 aromatic rings. The predicted octanol–water partition coefficient (Wildman–Crippen LogP) is 6.90. The Balaban J connectivity index is 1.66. The summed E-state index contributed by atoms with van der Waals surface area (Å²) < 4.78 is 5.79. The van der Waals surface area contributed by atoms with Gasteiger partial charge in [0.2, 0.25) is 0 Å². The van der Waals surface area contributed by atoms with Gasteiger partial charge in [-0.1, -0.05) is 86.0 Å². The molecule has 128 valence electrons. The Hall–Kier alpha value is -2.54. The summed E-state index contributed by atoms with van der Waals surface area (Å²) in [6.45, 7) is 5.13. The minimum atomic E-state index is 0.804. The van der Waals surface area contributed by atoms with Crippen molar-refractivity contribution in [2.24, 2.45) is 0 Å². The molecule has 1 heteroatoms. The molecule has 0 radical (unpaired) electrons. The Morgan fingerprint density at radius 2 is 1.04 bits per heavy atom. The van der Waals surface area contributed by atoms with E-state index in [1.165, 1.54) is 40.7 Å². The molecule has 25 heavy (non-hydrogen) atoms. The molecule has 0 fully saturated rings. The van der Waals surface area contributed by atoms with Crippen molar-refractivity contribution in [3.8, 4) is 28.0 Å². The zero-order valence-electron chi connectivity index (χ0n) is 15.2. The van der Waals surface area contributed by atoms with Crippen LogP contribution in [-0.2, 0) is 0 Å². The van der Waals surface area contributed by atoms with Crippen LogP contribution in [-0.4, -0.2) is 6.61 Å². The highest BCUT2D eigenvalue weighted by Crippen LogP contribution is 2.26. The van der Waals surface area contributed by atoms with Crippen LogP contribution < -0.4 is 4.74 Å². The lowest BCUT2D eigenvalue weighted by Crippen LogP contribution is -1.96. The molecule has 0 amide bonds. The van der Waals surface area contributed by atoms with Gasteiger partial charge in [-0.05, 0) is 47.7 Å². The molecule has 0 aromatic heterocycles. The largest absolute Gasteiger partial charge is 0.494 e. The first-order valence-corrected chi connectivity index (χ1v) is 9.16. The highest BCUT2D eigenvalue weighted by molar-refractivity contribution is 5.70. The maximum Gasteiger partial charge on any atom is 0.119 e. The van der Waals surface area contributed by atoms with E-state index in [0.29, 0.717) is 0 Å². The summed E-state index contributed by atoms with van der Waals surface area (Å²) in [4.78, 5) is 0. The highest BCUT2D eigenvalue weighted by atomic mass is 16.5. The smallest absolute Gasteiger partial charge is 0.119 e. The lowest BCUT2D eigenvalue weighted by Gasteiger charge is -2.08. The molecule has 0 aliphatic rings. The van der Waals surface area contributed by atoms with Crippen LogP contribution in [0.25, 0.3) is 22.3 Å². The first-order chi connectivity index (χ1) is 12.3. The second kappa shape index (κ2) is 8.53. The van der Waals surface area contributed by atoms with Crippen molar-refractivity contribution in [3.05, 3.63) is 78.4 Å². The second-order valence-electron chi connectivity index (χ2n) is 6.52. The van der Waals surface area contributed by atoms with Crippen molar-refractivity contribution in [1.29, 1.82) is 0 Å². The van der Waals surface area contributed by atoms with Gasteiger partial charge in [0.05, 0.1) is 6.61 Å². The van der Waals surface area contributed by atoms with Crippen molar-refractivity contribution in [3.63, 3.8) is 0 Å². The third kappa shape index (κ3) is 4.73. The summed E-state index contributed by atoms with van der Waals surface area (Å²) in [6, 6.07) is 25.8. The summed E-state index contributed by atoms with van der Waals surface area (Å²) >= 11 is 0. The van der Waals surface area contributed by atoms with Gasteiger partial charge >= 0.3 is 0 Å². The second-order valence-corrected chi connectivity index (χ2v) is 6.52. The van der Waals surface area contributed by atoms with Gasteiger partial charge in [-0.15, -0.1) is 0 Å². The third-order valence-corrected chi connectivity index (χ3v) is 4.47. The van der Waals surface area contributed by atoms with Crippen molar-refractivity contribution in [1.82, 2.24) is 0 Å². The van der Waals surface area contributed by atoms with E-state index < -0.39 is 0 Å². The number of hydrogen-bond donors (Lipinski definition) is 0. The standard InChI is InChI=1S/C24H26O/c1-3-4-5-18-25-24-16-14-23(15-17-24)22-12-10-21(11-13-22)20-8-6-19(2)7-9-20/h6-17H,3-5,18H2,1-2H3. The van der Waals surface area contributed by atoms with Gasteiger partial charge in [0.25, 0.3) is 0 Å². The maximum atomic E-state index is 5.79. The first-order valence-electron chi connectivity index (χ1n) is 9.16. The number of unbranched alkanes of at least 4 members (excludes halogenated alkanes) is 2. The summed E-state index contributed by atoms with van der Waals surface area (Å²) in [7, 11) is 0. The van der Waals surface area contributed by atoms with Crippen LogP contribution in [0.1, 0.15) is 31.7 Å². The van der Waals surface area contributed by atoms with Crippen molar-refractivity contribution < 1.29 is 4.74 Å². The maximum absolute atomic E-state index is 5.79. The number of aryl methyl sites for hydroxylation is 1. The quantitative estimate of drug-likeness (QED) is 0.428. The predicted molar refractivity (Wildman–Crippen MR) is 107 cm³/mol. The molecule has 0 bridgehead atoms. The highest BCUT2D eigenvalue weighted by Gasteiger charge is 2.01. The molecular weight excluding hydrogens is 304 g/mol. The zero-order chi connectivity index (χ0) is 17.5. The van der Waals surface area contributed by atoms with E-state index in [-0.39, 0.29) is 0 Å². The van der Waals surface area contributed by atoms with Gasteiger partial charge in [0, 0.05) is 0 Å². The van der Waals surface area contributed by atoms with E-state index in [2.05, 4.69) is 86.6 Å². The number of ether oxygens (including phenoxy) is 1. The van der Waals surface area contributed by atoms with Crippen LogP contribution in [0.5, 0.6) is 5.75 Å². The molecular formula is C24H26O. The molecule has 0 saturated heterocycles. The van der Waals surface area contributed by atoms with Crippen LogP contribution in [0.3, 0.4) is 0 Å². The Morgan fingerprint density at radius 3 is 1.52 bits per heavy atom. The molecule has 0 aliphatic heterocycles. The van der Waals surface area contributed by atoms with Crippen LogP contribution in [0.15, 0.2) is 72.8 Å². The molecule has 3 rings (SSSR count). The van der Waals surface area contributed by atoms with Gasteiger partial charge in [-0.25, -0.2) is 0 Å². The fourth-order valence-electron chi connectivity index (χ4n) is 2.89. The lowest BCUT2D eigenvalue weighted by molar-refractivity contribution is 0.306. The topological polar surface area (TPSA) is 9.23 Å². The van der Waals surface area contributed by atoms with E-state index in [1.807, 2.05) is 0 Å². The van der Waals surface area contributed by atoms with Gasteiger partial charge in [-0.2, -0.15) is 0 Å². The normalized spacial score (nSPS) is 10.6. The lowest BCUT2D eigenvalue weighted by atomic mass is 10.00. The first kappa shape index (κ1) is 17.3. The van der Waals surface area contributed by atoms with Crippen molar-refractivity contribution >= 4 is 0 Å². The molecule has 0 spiro atoms. The van der Waals surface area contributed by atoms with Crippen molar-refractivity contribution in [2.75, 3.05) is 6.61 Å². The van der Waals surface area contributed by atoms with Gasteiger partial charge in [-0.3, -0.25) is 0 Å². The molecule has 0 N–H and O–H groups in total. The van der Waals surface area contributed by atoms with E-state index in [1.54, 1.807) is 0 Å². The summed E-state index contributed by atoms with van der Waals surface area (Å²) in [5, 5.41) is 0. The molecule has 0 saturated carbocycles. The minimum absolute atomic E-state index is 0.804. The average molecular weight is 330 g/mol. The fraction of sp³-hybridized carbons (Fsp3) is 0.250. The van der Waals surface area contributed by atoms with Crippen molar-refractivity contribution in [2.45, 2.75) is 33.1 Å². The van der Waals surface area contributed by atoms with Crippen LogP contribution in [0, 0.1) is 6.92 Å². The van der Waals surface area contributed by atoms with E-state index in [0.717, 1.165) is 18.8 Å². The molecule has 0 aliphatic carbocycles. The monoisotopic (exact) mass is 330 g/mol. The Kier molecular flexibility index (Phi) is 5.90. The molecule has 3 aromatic carbocycles. The molecule has 1 nitrogen and oxygen atoms in total. The number of hydrogen-bond acceptors (Lipinski definition) is 1. The van der Waals surface area contributed by atoms with Crippen LogP contribution >= 0.6 is 0 Å². The minimum Gasteiger partial charge on any atom is -0.494 e. The van der Waals surface area contributed by atoms with E-state index in [4.69, 9.17) is 4.74 Å². The van der Waals surface area contributed by atoms with E-state index in [9.17, 15) is 0 Å². The molecule has 0 unspecified atom stereocenters. The summed E-state index contributed by atoms with van der Waals surface area (Å²) in [6.07, 6.45) is 3.57. The fourth-order valence-corrected chi connectivity index (χ4v) is 2.89. The van der Waals surface area contributed by atoms with Gasteiger partial charge < -0.3 is 4.74 Å². The molecule has 0 heterocycles. The third-order valence-electron chi connectivity index (χ3n) is 4.47. The number of benzene rings is 3. The SMILES string of the molecule is CCCCCOc1ccc(-c2ccc(-c3ccc(C)cc3)cc2)cc1. The van der Waals surface area contributed by atoms with E-state index >= 15 is 0 Å².